The van der Waals surface area contributed by atoms with Gasteiger partial charge >= 0.3 is 5.97 Å². The fraction of sp³-hybridized carbons (Fsp3) is 0.182. The highest BCUT2D eigenvalue weighted by Crippen LogP contribution is 2.34. The summed E-state index contributed by atoms with van der Waals surface area (Å²) in [6, 6.07) is 12.1. The Hall–Kier alpha value is -2.99. The zero-order valence-electron chi connectivity index (χ0n) is 16.3. The average Bonchev–Trinajstić information content (AvgIpc) is 3.08. The maximum absolute atomic E-state index is 13.5. The van der Waals surface area contributed by atoms with Gasteiger partial charge in [-0.25, -0.2) is 14.2 Å². The maximum Gasteiger partial charge on any atom is 0.337 e. The molecule has 0 saturated heterocycles. The highest BCUT2D eigenvalue weighted by atomic mass is 28.3. The van der Waals surface area contributed by atoms with E-state index in [4.69, 9.17) is 4.74 Å². The van der Waals surface area contributed by atoms with E-state index in [-0.39, 0.29) is 11.8 Å². The molecule has 0 unspecified atom stereocenters. The van der Waals surface area contributed by atoms with Crippen LogP contribution in [0.25, 0.3) is 32.9 Å². The normalized spacial score (nSPS) is 11.9. The van der Waals surface area contributed by atoms with Crippen molar-refractivity contribution in [1.82, 2.24) is 9.97 Å². The van der Waals surface area contributed by atoms with Gasteiger partial charge in [0, 0.05) is 27.8 Å². The van der Waals surface area contributed by atoms with Crippen LogP contribution in [0.5, 0.6) is 0 Å². The van der Waals surface area contributed by atoms with Crippen molar-refractivity contribution < 1.29 is 13.9 Å². The highest BCUT2D eigenvalue weighted by molar-refractivity contribution is 6.89. The van der Waals surface area contributed by atoms with Crippen LogP contribution in [0.2, 0.25) is 19.6 Å². The molecule has 0 saturated carbocycles. The second kappa shape index (κ2) is 6.56. The van der Waals surface area contributed by atoms with E-state index in [9.17, 15) is 9.18 Å². The van der Waals surface area contributed by atoms with E-state index < -0.39 is 8.07 Å². The van der Waals surface area contributed by atoms with Crippen LogP contribution in [-0.4, -0.2) is 31.1 Å². The van der Waals surface area contributed by atoms with E-state index in [1.165, 1.54) is 24.6 Å². The van der Waals surface area contributed by atoms with Crippen LogP contribution in [0.15, 0.2) is 48.7 Å². The Labute approximate surface area is 163 Å². The molecule has 6 heteroatoms. The predicted octanol–water partition coefficient (Wildman–Crippen LogP) is 4.85. The molecule has 0 aliphatic carbocycles. The minimum Gasteiger partial charge on any atom is -0.465 e. The van der Waals surface area contributed by atoms with Gasteiger partial charge < -0.3 is 9.72 Å². The van der Waals surface area contributed by atoms with Gasteiger partial charge in [-0.15, -0.1) is 0 Å². The standard InChI is InChI=1S/C22H21FN2O2Si/c1-27-22(26)14-7-10-17-15(11-14)12-24-20-19(17)18(21(25-20)28(2,3)4)13-5-8-16(23)9-6-13/h5-12H,1-4H3,(H,24,25). The molecule has 0 spiro atoms. The molecule has 2 heterocycles. The van der Waals surface area contributed by atoms with Crippen molar-refractivity contribution in [3.8, 4) is 11.1 Å². The minimum absolute atomic E-state index is 0.260. The van der Waals surface area contributed by atoms with Crippen LogP contribution >= 0.6 is 0 Å². The first-order valence-electron chi connectivity index (χ1n) is 9.09. The zero-order valence-corrected chi connectivity index (χ0v) is 17.3. The molecule has 142 valence electrons. The number of rotatable bonds is 3. The molecule has 4 rings (SSSR count). The van der Waals surface area contributed by atoms with Crippen LogP contribution < -0.4 is 5.32 Å². The van der Waals surface area contributed by atoms with Crippen molar-refractivity contribution in [2.24, 2.45) is 0 Å². The van der Waals surface area contributed by atoms with Gasteiger partial charge in [-0.05, 0) is 35.2 Å². The van der Waals surface area contributed by atoms with E-state index >= 15 is 0 Å². The highest BCUT2D eigenvalue weighted by Gasteiger charge is 2.27. The molecule has 4 aromatic rings. The second-order valence-electron chi connectivity index (χ2n) is 7.91. The van der Waals surface area contributed by atoms with Crippen molar-refractivity contribution >= 4 is 41.2 Å². The van der Waals surface area contributed by atoms with E-state index in [0.29, 0.717) is 5.56 Å². The monoisotopic (exact) mass is 392 g/mol. The Bertz CT molecular complexity index is 1210. The summed E-state index contributed by atoms with van der Waals surface area (Å²) in [6.45, 7) is 6.80. The molecular formula is C22H21FN2O2Si. The molecule has 2 aromatic heterocycles. The first-order valence-corrected chi connectivity index (χ1v) is 12.6. The quantitative estimate of drug-likeness (QED) is 0.400. The molecule has 0 bridgehead atoms. The number of nitrogens with zero attached hydrogens (tertiary/aromatic N) is 1. The molecule has 4 nitrogen and oxygen atoms in total. The number of esters is 1. The topological polar surface area (TPSA) is 55.0 Å². The number of nitrogens with one attached hydrogen (secondary N) is 1. The zero-order chi connectivity index (χ0) is 20.1. The van der Waals surface area contributed by atoms with Gasteiger partial charge in [0.15, 0.2) is 0 Å². The van der Waals surface area contributed by atoms with E-state index in [1.54, 1.807) is 18.3 Å². The van der Waals surface area contributed by atoms with Gasteiger partial charge in [-0.2, -0.15) is 0 Å². The van der Waals surface area contributed by atoms with Crippen LogP contribution in [0.1, 0.15) is 10.4 Å². The molecule has 0 aliphatic heterocycles. The third-order valence-corrected chi connectivity index (χ3v) is 6.81. The first-order chi connectivity index (χ1) is 13.3. The summed E-state index contributed by atoms with van der Waals surface area (Å²) in [5.74, 6) is -0.638. The minimum atomic E-state index is -1.74. The van der Waals surface area contributed by atoms with Crippen LogP contribution in [0.3, 0.4) is 0 Å². The SMILES string of the molecule is COC(=O)c1ccc2c(cnc3[nH]c([Si](C)(C)C)c(-c4ccc(F)cc4)c32)c1. The van der Waals surface area contributed by atoms with Crippen LogP contribution in [0.4, 0.5) is 4.39 Å². The summed E-state index contributed by atoms with van der Waals surface area (Å²) in [5.41, 5.74) is 3.31. The van der Waals surface area contributed by atoms with Crippen molar-refractivity contribution in [2.75, 3.05) is 7.11 Å². The van der Waals surface area contributed by atoms with Crippen molar-refractivity contribution in [2.45, 2.75) is 19.6 Å². The Morgan fingerprint density at radius 3 is 2.46 bits per heavy atom. The summed E-state index contributed by atoms with van der Waals surface area (Å²) in [7, 11) is -0.375. The summed E-state index contributed by atoms with van der Waals surface area (Å²) < 4.78 is 18.4. The summed E-state index contributed by atoms with van der Waals surface area (Å²) in [6.07, 6.45) is 1.77. The van der Waals surface area contributed by atoms with E-state index in [2.05, 4.69) is 29.6 Å². The molecule has 0 radical (unpaired) electrons. The van der Waals surface area contributed by atoms with Gasteiger partial charge in [-0.1, -0.05) is 37.8 Å². The molecular weight excluding hydrogens is 371 g/mol. The number of aromatic amines is 1. The van der Waals surface area contributed by atoms with Gasteiger partial charge in [0.05, 0.1) is 20.7 Å². The molecule has 0 aliphatic rings. The van der Waals surface area contributed by atoms with Crippen LogP contribution in [0, 0.1) is 5.82 Å². The number of pyridine rings is 1. The predicted molar refractivity (Wildman–Crippen MR) is 113 cm³/mol. The average molecular weight is 393 g/mol. The van der Waals surface area contributed by atoms with Gasteiger partial charge in [0.25, 0.3) is 0 Å². The lowest BCUT2D eigenvalue weighted by atomic mass is 10.0. The number of ether oxygens (including phenoxy) is 1. The first kappa shape index (κ1) is 18.4. The smallest absolute Gasteiger partial charge is 0.337 e. The Morgan fingerprint density at radius 2 is 1.82 bits per heavy atom. The Morgan fingerprint density at radius 1 is 1.11 bits per heavy atom. The van der Waals surface area contributed by atoms with Gasteiger partial charge in [0.2, 0.25) is 0 Å². The third kappa shape index (κ3) is 2.99. The number of aromatic nitrogens is 2. The summed E-state index contributed by atoms with van der Waals surface area (Å²) in [4.78, 5) is 20.0. The van der Waals surface area contributed by atoms with Crippen LogP contribution in [-0.2, 0) is 4.74 Å². The number of hydrogen-bond acceptors (Lipinski definition) is 3. The van der Waals surface area contributed by atoms with Gasteiger partial charge in [0.1, 0.15) is 11.5 Å². The van der Waals surface area contributed by atoms with Crippen molar-refractivity contribution in [1.29, 1.82) is 0 Å². The number of carbonyl (C=O) groups excluding carboxylic acids is 1. The lowest BCUT2D eigenvalue weighted by molar-refractivity contribution is 0.0601. The van der Waals surface area contributed by atoms with E-state index in [1.807, 2.05) is 18.2 Å². The van der Waals surface area contributed by atoms with E-state index in [0.717, 1.165) is 32.9 Å². The summed E-state index contributed by atoms with van der Waals surface area (Å²) in [5, 5.41) is 4.03. The van der Waals surface area contributed by atoms with Gasteiger partial charge in [-0.3, -0.25) is 0 Å². The Balaban J connectivity index is 2.09. The molecule has 0 fully saturated rings. The number of halogens is 1. The lowest BCUT2D eigenvalue weighted by Crippen LogP contribution is -2.39. The number of methoxy groups -OCH3 is 1. The molecule has 0 amide bonds. The lowest BCUT2D eigenvalue weighted by Gasteiger charge is -2.17. The van der Waals surface area contributed by atoms with Crippen molar-refractivity contribution in [3.05, 3.63) is 60.0 Å². The fourth-order valence-electron chi connectivity index (χ4n) is 3.59. The number of benzene rings is 2. The maximum atomic E-state index is 13.5. The molecule has 28 heavy (non-hydrogen) atoms. The third-order valence-electron chi connectivity index (χ3n) is 4.94. The molecule has 2 aromatic carbocycles. The van der Waals surface area contributed by atoms with Crippen molar-refractivity contribution in [3.63, 3.8) is 0 Å². The number of hydrogen-bond donors (Lipinski definition) is 1. The summed E-state index contributed by atoms with van der Waals surface area (Å²) >= 11 is 0. The Kier molecular flexibility index (Phi) is 4.31. The largest absolute Gasteiger partial charge is 0.465 e. The fourth-order valence-corrected chi connectivity index (χ4v) is 5.10. The second-order valence-corrected chi connectivity index (χ2v) is 12.9. The number of fused-ring (bicyclic) bond motifs is 3. The number of carbonyl (C=O) groups is 1. The molecule has 0 atom stereocenters. The number of H-pyrrole nitrogens is 1. The molecule has 1 N–H and O–H groups in total.